The number of nitrogens with zero attached hydrogens (tertiary/aromatic N) is 1. The molecule has 5 heteroatoms. The van der Waals surface area contributed by atoms with Gasteiger partial charge in [-0.1, -0.05) is 13.0 Å². The van der Waals surface area contributed by atoms with Crippen molar-refractivity contribution in [2.45, 2.75) is 31.2 Å². The molecule has 0 saturated carbocycles. The van der Waals surface area contributed by atoms with Gasteiger partial charge in [0.25, 0.3) is 0 Å². The number of phenolic OH excluding ortho intramolecular Hbond substituents is 1. The normalized spacial score (nSPS) is 27.0. The highest BCUT2D eigenvalue weighted by Gasteiger charge is 2.50. The summed E-state index contributed by atoms with van der Waals surface area (Å²) >= 11 is 0. The maximum atomic E-state index is 11.2. The third kappa shape index (κ3) is 3.06. The van der Waals surface area contributed by atoms with Crippen LogP contribution in [0.5, 0.6) is 11.5 Å². The van der Waals surface area contributed by atoms with Gasteiger partial charge in [0, 0.05) is 22.9 Å². The Bertz CT molecular complexity index is 864. The predicted molar refractivity (Wildman–Crippen MR) is 104 cm³/mol. The Morgan fingerprint density at radius 1 is 1.30 bits per heavy atom. The second-order valence-electron chi connectivity index (χ2n) is 8.07. The van der Waals surface area contributed by atoms with E-state index in [9.17, 15) is 9.90 Å². The van der Waals surface area contributed by atoms with Gasteiger partial charge in [0.1, 0.15) is 11.5 Å². The van der Waals surface area contributed by atoms with Crippen molar-refractivity contribution >= 4 is 5.91 Å². The molecule has 2 bridgehead atoms. The number of nitrogens with two attached hydrogens (primary N) is 1. The SMILES string of the molecule is CN1CC[C@]2(C)c3cc(O)ccc3CC1[C@H]2COc1ccc(C(N)=O)cc1. The summed E-state index contributed by atoms with van der Waals surface area (Å²) in [6.45, 7) is 3.94. The molecule has 1 heterocycles. The van der Waals surface area contributed by atoms with Gasteiger partial charge in [-0.05, 0) is 74.0 Å². The van der Waals surface area contributed by atoms with Crippen molar-refractivity contribution in [3.05, 3.63) is 59.2 Å². The Morgan fingerprint density at radius 2 is 2.04 bits per heavy atom. The van der Waals surface area contributed by atoms with Crippen LogP contribution < -0.4 is 10.5 Å². The van der Waals surface area contributed by atoms with Gasteiger partial charge in [0.2, 0.25) is 5.91 Å². The van der Waals surface area contributed by atoms with E-state index in [1.807, 2.05) is 6.07 Å². The molecule has 4 rings (SSSR count). The monoisotopic (exact) mass is 366 g/mol. The number of aromatic hydroxyl groups is 1. The van der Waals surface area contributed by atoms with E-state index < -0.39 is 5.91 Å². The van der Waals surface area contributed by atoms with Crippen molar-refractivity contribution in [3.8, 4) is 11.5 Å². The van der Waals surface area contributed by atoms with E-state index >= 15 is 0 Å². The summed E-state index contributed by atoms with van der Waals surface area (Å²) in [5.41, 5.74) is 8.33. The van der Waals surface area contributed by atoms with Gasteiger partial charge >= 0.3 is 0 Å². The van der Waals surface area contributed by atoms with Crippen molar-refractivity contribution in [3.63, 3.8) is 0 Å². The van der Waals surface area contributed by atoms with Crippen molar-refractivity contribution in [2.75, 3.05) is 20.2 Å². The number of fused-ring (bicyclic) bond motifs is 4. The highest BCUT2D eigenvalue weighted by atomic mass is 16.5. The number of carbonyl (C=O) groups excluding carboxylic acids is 1. The van der Waals surface area contributed by atoms with E-state index in [4.69, 9.17) is 10.5 Å². The molecule has 3 N–H and O–H groups in total. The summed E-state index contributed by atoms with van der Waals surface area (Å²) in [5, 5.41) is 10.0. The topological polar surface area (TPSA) is 75.8 Å². The molecular weight excluding hydrogens is 340 g/mol. The Kier molecular flexibility index (Phi) is 4.35. The molecule has 0 aromatic heterocycles. The molecule has 1 aliphatic carbocycles. The lowest BCUT2D eigenvalue weighted by atomic mass is 9.58. The highest BCUT2D eigenvalue weighted by Crippen LogP contribution is 2.49. The molecule has 1 amide bonds. The molecule has 2 aromatic carbocycles. The number of primary amides is 1. The van der Waals surface area contributed by atoms with Gasteiger partial charge < -0.3 is 20.5 Å². The molecule has 0 radical (unpaired) electrons. The number of ether oxygens (including phenoxy) is 1. The Balaban J connectivity index is 1.60. The van der Waals surface area contributed by atoms with Gasteiger partial charge in [-0.2, -0.15) is 0 Å². The van der Waals surface area contributed by atoms with Gasteiger partial charge in [0.15, 0.2) is 0 Å². The molecule has 142 valence electrons. The fourth-order valence-corrected chi connectivity index (χ4v) is 4.82. The first-order valence-corrected chi connectivity index (χ1v) is 9.44. The molecule has 5 nitrogen and oxygen atoms in total. The second kappa shape index (κ2) is 6.57. The zero-order valence-corrected chi connectivity index (χ0v) is 15.8. The van der Waals surface area contributed by atoms with Crippen molar-refractivity contribution < 1.29 is 14.6 Å². The lowest BCUT2D eigenvalue weighted by molar-refractivity contribution is 0.0118. The van der Waals surface area contributed by atoms with Crippen molar-refractivity contribution in [1.29, 1.82) is 0 Å². The Morgan fingerprint density at radius 3 is 2.74 bits per heavy atom. The minimum atomic E-state index is -0.436. The zero-order chi connectivity index (χ0) is 19.2. The van der Waals surface area contributed by atoms with E-state index in [-0.39, 0.29) is 5.41 Å². The summed E-state index contributed by atoms with van der Waals surface area (Å²) in [7, 11) is 2.18. The molecular formula is C22H26N2O3. The van der Waals surface area contributed by atoms with Gasteiger partial charge in [0.05, 0.1) is 6.61 Å². The second-order valence-corrected chi connectivity index (χ2v) is 8.07. The number of hydrogen-bond donors (Lipinski definition) is 2. The molecule has 0 spiro atoms. The average molecular weight is 366 g/mol. The largest absolute Gasteiger partial charge is 0.508 e. The fourth-order valence-electron chi connectivity index (χ4n) is 4.82. The number of benzene rings is 2. The molecule has 2 aliphatic rings. The summed E-state index contributed by atoms with van der Waals surface area (Å²) in [5.74, 6) is 0.954. The predicted octanol–water partition coefficient (Wildman–Crippen LogP) is 2.70. The quantitative estimate of drug-likeness (QED) is 0.872. The molecule has 27 heavy (non-hydrogen) atoms. The van der Waals surface area contributed by atoms with Crippen LogP contribution in [0.1, 0.15) is 34.8 Å². The first kappa shape index (κ1) is 17.9. The summed E-state index contributed by atoms with van der Waals surface area (Å²) < 4.78 is 6.13. The maximum absolute atomic E-state index is 11.2. The van der Waals surface area contributed by atoms with Crippen molar-refractivity contribution in [2.24, 2.45) is 11.7 Å². The summed E-state index contributed by atoms with van der Waals surface area (Å²) in [4.78, 5) is 13.7. The minimum Gasteiger partial charge on any atom is -0.508 e. The number of amides is 1. The fraction of sp³-hybridized carbons (Fsp3) is 0.409. The zero-order valence-electron chi connectivity index (χ0n) is 15.8. The van der Waals surface area contributed by atoms with E-state index in [0.717, 1.165) is 25.1 Å². The van der Waals surface area contributed by atoms with E-state index in [2.05, 4.69) is 24.9 Å². The third-order valence-corrected chi connectivity index (χ3v) is 6.54. The smallest absolute Gasteiger partial charge is 0.248 e. The highest BCUT2D eigenvalue weighted by molar-refractivity contribution is 5.92. The maximum Gasteiger partial charge on any atom is 0.248 e. The van der Waals surface area contributed by atoms with Crippen LogP contribution in [-0.2, 0) is 11.8 Å². The first-order chi connectivity index (χ1) is 12.9. The lowest BCUT2D eigenvalue weighted by Gasteiger charge is -2.54. The molecule has 1 saturated heterocycles. The molecule has 1 aliphatic heterocycles. The minimum absolute atomic E-state index is 0.0311. The Labute approximate surface area is 159 Å². The Hall–Kier alpha value is -2.53. The number of carbonyl (C=O) groups is 1. The molecule has 1 fully saturated rings. The van der Waals surface area contributed by atoms with Gasteiger partial charge in [-0.15, -0.1) is 0 Å². The molecule has 3 atom stereocenters. The van der Waals surface area contributed by atoms with Crippen LogP contribution in [0, 0.1) is 5.92 Å². The average Bonchev–Trinajstić information content (AvgIpc) is 2.65. The van der Waals surface area contributed by atoms with Crippen LogP contribution in [-0.4, -0.2) is 42.2 Å². The molecule has 2 aromatic rings. The van der Waals surface area contributed by atoms with Crippen LogP contribution in [0.4, 0.5) is 0 Å². The first-order valence-electron chi connectivity index (χ1n) is 9.44. The van der Waals surface area contributed by atoms with Gasteiger partial charge in [-0.25, -0.2) is 0 Å². The van der Waals surface area contributed by atoms with Crippen LogP contribution in [0.3, 0.4) is 0 Å². The van der Waals surface area contributed by atoms with Gasteiger partial charge in [-0.3, -0.25) is 4.79 Å². The lowest BCUT2D eigenvalue weighted by Crippen LogP contribution is -2.59. The number of likely N-dealkylation sites (N-methyl/N-ethyl adjacent to an activating group) is 1. The summed E-state index contributed by atoms with van der Waals surface area (Å²) in [6.07, 6.45) is 2.00. The van der Waals surface area contributed by atoms with Crippen LogP contribution in [0.2, 0.25) is 0 Å². The van der Waals surface area contributed by atoms with Crippen LogP contribution >= 0.6 is 0 Å². The van der Waals surface area contributed by atoms with Crippen LogP contribution in [0.25, 0.3) is 0 Å². The standard InChI is InChI=1S/C22H26N2O3/c1-22-9-10-24(2)20(11-15-3-6-16(25)12-18(15)22)19(22)13-27-17-7-4-14(5-8-17)21(23)26/h3-8,12,19-20,25H,9-11,13H2,1-2H3,(H2,23,26)/t19-,20?,22-/m1/s1. The molecule has 1 unspecified atom stereocenters. The number of hydrogen-bond acceptors (Lipinski definition) is 4. The third-order valence-electron chi connectivity index (χ3n) is 6.54. The number of likely N-dealkylation sites (tertiary alicyclic amines) is 1. The number of rotatable bonds is 4. The van der Waals surface area contributed by atoms with E-state index in [1.54, 1.807) is 30.3 Å². The van der Waals surface area contributed by atoms with E-state index in [1.165, 1.54) is 11.1 Å². The number of phenols is 1. The number of piperidine rings is 1. The van der Waals surface area contributed by atoms with Crippen LogP contribution in [0.15, 0.2) is 42.5 Å². The summed E-state index contributed by atoms with van der Waals surface area (Å²) in [6, 6.07) is 13.2. The van der Waals surface area contributed by atoms with E-state index in [0.29, 0.717) is 29.9 Å². The van der Waals surface area contributed by atoms with Crippen molar-refractivity contribution in [1.82, 2.24) is 4.90 Å².